The topological polar surface area (TPSA) is 101 Å². The number of nitrogens with zero attached hydrogens (tertiary/aromatic N) is 3. The summed E-state index contributed by atoms with van der Waals surface area (Å²) in [4.78, 5) is 17.9. The highest BCUT2D eigenvalue weighted by Gasteiger charge is 2.32. The van der Waals surface area contributed by atoms with Crippen molar-refractivity contribution in [3.05, 3.63) is 87.2 Å². The van der Waals surface area contributed by atoms with Crippen LogP contribution in [-0.2, 0) is 14.6 Å². The van der Waals surface area contributed by atoms with E-state index in [0.717, 1.165) is 11.8 Å². The van der Waals surface area contributed by atoms with Crippen LogP contribution < -0.4 is 14.4 Å². The summed E-state index contributed by atoms with van der Waals surface area (Å²) in [7, 11) is -3.39. The Morgan fingerprint density at radius 2 is 1.92 bits per heavy atom. The first kappa shape index (κ1) is 26.3. The third kappa shape index (κ3) is 5.98. The van der Waals surface area contributed by atoms with Gasteiger partial charge in [-0.1, -0.05) is 41.4 Å². The molecular formula is C26H19Cl2N3O5S. The van der Waals surface area contributed by atoms with Crippen LogP contribution in [0.1, 0.15) is 23.5 Å². The lowest BCUT2D eigenvalue weighted by Gasteiger charge is -2.19. The van der Waals surface area contributed by atoms with Gasteiger partial charge >= 0.3 is 0 Å². The fraction of sp³-hybridized carbons (Fsp3) is 0.192. The van der Waals surface area contributed by atoms with Crippen molar-refractivity contribution in [2.24, 2.45) is 0 Å². The number of rotatable bonds is 7. The summed E-state index contributed by atoms with van der Waals surface area (Å²) >= 11 is 12.6. The monoisotopic (exact) mass is 555 g/mol. The number of carbonyl (C=O) groups is 1. The van der Waals surface area contributed by atoms with Gasteiger partial charge in [0.15, 0.2) is 21.5 Å². The van der Waals surface area contributed by atoms with Gasteiger partial charge in [0.2, 0.25) is 11.6 Å². The van der Waals surface area contributed by atoms with E-state index >= 15 is 0 Å². The Balaban J connectivity index is 1.57. The van der Waals surface area contributed by atoms with Crippen molar-refractivity contribution in [1.82, 2.24) is 0 Å². The minimum absolute atomic E-state index is 0.120. The molecule has 1 aliphatic rings. The van der Waals surface area contributed by atoms with Crippen LogP contribution in [0.15, 0.2) is 54.6 Å². The first-order chi connectivity index (χ1) is 17.6. The molecule has 1 fully saturated rings. The van der Waals surface area contributed by atoms with Crippen molar-refractivity contribution >= 4 is 50.3 Å². The Bertz CT molecular complexity index is 1580. The predicted octanol–water partition coefficient (Wildman–Crippen LogP) is 6.11. The molecule has 0 aromatic heterocycles. The summed E-state index contributed by atoms with van der Waals surface area (Å²) in [5.74, 6) is -0.259. The number of anilines is 1. The van der Waals surface area contributed by atoms with Crippen molar-refractivity contribution in [2.75, 3.05) is 23.6 Å². The molecule has 3 aromatic rings. The van der Waals surface area contributed by atoms with Gasteiger partial charge in [0, 0.05) is 30.8 Å². The van der Waals surface area contributed by atoms with E-state index in [1.54, 1.807) is 41.3 Å². The molecule has 1 aliphatic heterocycles. The van der Waals surface area contributed by atoms with Gasteiger partial charge in [0.25, 0.3) is 0 Å². The highest BCUT2D eigenvalue weighted by molar-refractivity contribution is 7.90. The third-order valence-corrected chi connectivity index (χ3v) is 6.81. The molecule has 0 aliphatic carbocycles. The summed E-state index contributed by atoms with van der Waals surface area (Å²) < 4.78 is 34.0. The smallest absolute Gasteiger partial charge is 0.230 e. The zero-order valence-electron chi connectivity index (χ0n) is 19.4. The molecule has 8 nitrogen and oxygen atoms in total. The van der Waals surface area contributed by atoms with E-state index in [0.29, 0.717) is 23.0 Å². The molecule has 0 radical (unpaired) electrons. The number of hydrogen-bond donors (Lipinski definition) is 0. The summed E-state index contributed by atoms with van der Waals surface area (Å²) in [5.41, 5.74) is 1.67. The van der Waals surface area contributed by atoms with Gasteiger partial charge in [-0.25, -0.2) is 13.3 Å². The van der Waals surface area contributed by atoms with Crippen LogP contribution in [0.2, 0.25) is 10.0 Å². The molecule has 37 heavy (non-hydrogen) atoms. The Labute approximate surface area is 224 Å². The number of para-hydroxylation sites is 1. The van der Waals surface area contributed by atoms with E-state index < -0.39 is 15.8 Å². The maximum atomic E-state index is 12.9. The van der Waals surface area contributed by atoms with Crippen molar-refractivity contribution in [2.45, 2.75) is 12.3 Å². The molecule has 1 atom stereocenters. The van der Waals surface area contributed by atoms with Gasteiger partial charge in [-0.2, -0.15) is 5.26 Å². The molecule has 0 spiro atoms. The lowest BCUT2D eigenvalue weighted by atomic mass is 9.98. The maximum Gasteiger partial charge on any atom is 0.230 e. The number of nitriles is 1. The fourth-order valence-electron chi connectivity index (χ4n) is 3.90. The second-order valence-corrected chi connectivity index (χ2v) is 11.3. The number of ether oxygens (including phenoxy) is 2. The number of halogens is 2. The number of benzene rings is 3. The molecule has 3 aromatic carbocycles. The number of amides is 1. The summed E-state index contributed by atoms with van der Waals surface area (Å²) in [6, 6.07) is 16.6. The standard InChI is InChI=1S/C26H19Cl2N3O5S/c1-30-22-5-3-4-21(28)26(22)36-24-11-16(6-8-20(24)27)18-12-25(32)31(14-18)19-7-9-23(17(10-19)13-29)35-15-37(2,33)34/h3-11,18H,12,14-15H2,2H3/t18-/m0/s1. The summed E-state index contributed by atoms with van der Waals surface area (Å²) in [6.45, 7) is 7.69. The van der Waals surface area contributed by atoms with Crippen molar-refractivity contribution in [3.63, 3.8) is 0 Å². The molecule has 1 heterocycles. The molecule has 4 rings (SSSR count). The Morgan fingerprint density at radius 3 is 2.62 bits per heavy atom. The van der Waals surface area contributed by atoms with E-state index in [4.69, 9.17) is 39.2 Å². The minimum Gasteiger partial charge on any atom is -0.476 e. The Hall–Kier alpha value is -3.76. The lowest BCUT2D eigenvalue weighted by Crippen LogP contribution is -2.24. The van der Waals surface area contributed by atoms with E-state index in [1.165, 1.54) is 12.1 Å². The van der Waals surface area contributed by atoms with Gasteiger partial charge in [0.1, 0.15) is 17.6 Å². The van der Waals surface area contributed by atoms with Crippen LogP contribution in [0.3, 0.4) is 0 Å². The summed E-state index contributed by atoms with van der Waals surface area (Å²) in [5, 5.41) is 10.1. The van der Waals surface area contributed by atoms with Crippen LogP contribution >= 0.6 is 23.2 Å². The molecule has 0 unspecified atom stereocenters. The van der Waals surface area contributed by atoms with Crippen molar-refractivity contribution in [3.8, 4) is 23.3 Å². The first-order valence-electron chi connectivity index (χ1n) is 10.9. The Morgan fingerprint density at radius 1 is 1.14 bits per heavy atom. The van der Waals surface area contributed by atoms with Gasteiger partial charge in [-0.3, -0.25) is 4.79 Å². The molecule has 0 N–H and O–H groups in total. The van der Waals surface area contributed by atoms with Crippen molar-refractivity contribution in [1.29, 1.82) is 5.26 Å². The second kappa shape index (κ2) is 10.7. The van der Waals surface area contributed by atoms with Gasteiger partial charge in [-0.05, 0) is 42.0 Å². The minimum atomic E-state index is -3.39. The van der Waals surface area contributed by atoms with Crippen LogP contribution in [0.5, 0.6) is 17.2 Å². The highest BCUT2D eigenvalue weighted by Crippen LogP contribution is 2.42. The van der Waals surface area contributed by atoms with Gasteiger partial charge < -0.3 is 14.4 Å². The molecule has 11 heteroatoms. The van der Waals surface area contributed by atoms with Crippen molar-refractivity contribution < 1.29 is 22.7 Å². The van der Waals surface area contributed by atoms with Crippen LogP contribution in [0.25, 0.3) is 4.85 Å². The SMILES string of the molecule is [C-]#[N+]c1cccc(Cl)c1Oc1cc([C@H]2CC(=O)N(c3ccc(OCS(C)(=O)=O)c(C#N)c3)C2)ccc1Cl. The number of carbonyl (C=O) groups excluding carboxylic acids is 1. The summed E-state index contributed by atoms with van der Waals surface area (Å²) in [6.07, 6.45) is 1.25. The molecule has 1 amide bonds. The van der Waals surface area contributed by atoms with E-state index in [1.807, 2.05) is 12.1 Å². The maximum absolute atomic E-state index is 12.9. The number of hydrogen-bond acceptors (Lipinski definition) is 6. The third-order valence-electron chi connectivity index (χ3n) is 5.65. The molecule has 1 saturated heterocycles. The number of sulfone groups is 1. The van der Waals surface area contributed by atoms with Crippen LogP contribution in [-0.4, -0.2) is 33.1 Å². The normalized spacial score (nSPS) is 15.2. The average Bonchev–Trinajstić information content (AvgIpc) is 3.26. The van der Waals surface area contributed by atoms with E-state index in [9.17, 15) is 18.5 Å². The van der Waals surface area contributed by atoms with Crippen LogP contribution in [0, 0.1) is 17.9 Å². The first-order valence-corrected chi connectivity index (χ1v) is 13.7. The molecular weight excluding hydrogens is 537 g/mol. The highest BCUT2D eigenvalue weighted by atomic mass is 35.5. The Kier molecular flexibility index (Phi) is 7.60. The lowest BCUT2D eigenvalue weighted by molar-refractivity contribution is -0.117. The van der Waals surface area contributed by atoms with Crippen LogP contribution in [0.4, 0.5) is 11.4 Å². The quantitative estimate of drug-likeness (QED) is 0.326. The predicted molar refractivity (Wildman–Crippen MR) is 140 cm³/mol. The van der Waals surface area contributed by atoms with E-state index in [-0.39, 0.29) is 46.0 Å². The zero-order chi connectivity index (χ0) is 26.7. The van der Waals surface area contributed by atoms with Gasteiger partial charge in [0.05, 0.1) is 22.2 Å². The largest absolute Gasteiger partial charge is 0.476 e. The average molecular weight is 556 g/mol. The molecule has 0 bridgehead atoms. The van der Waals surface area contributed by atoms with Gasteiger partial charge in [-0.15, -0.1) is 0 Å². The zero-order valence-corrected chi connectivity index (χ0v) is 21.8. The van der Waals surface area contributed by atoms with E-state index in [2.05, 4.69) is 4.85 Å². The second-order valence-electron chi connectivity index (χ2n) is 8.38. The molecule has 188 valence electrons. The molecule has 0 saturated carbocycles. The fourth-order valence-corrected chi connectivity index (χ4v) is 4.60.